The molecule has 0 aromatic carbocycles. The van der Waals surface area contributed by atoms with E-state index in [-0.39, 0.29) is 11.9 Å². The minimum absolute atomic E-state index is 0.276. The van der Waals surface area contributed by atoms with Gasteiger partial charge in [0.15, 0.2) is 0 Å². The van der Waals surface area contributed by atoms with Crippen LogP contribution in [0.4, 0.5) is 0 Å². The van der Waals surface area contributed by atoms with Crippen LogP contribution in [0.1, 0.15) is 25.7 Å². The summed E-state index contributed by atoms with van der Waals surface area (Å²) >= 11 is 0. The van der Waals surface area contributed by atoms with Crippen LogP contribution in [0.15, 0.2) is 11.9 Å². The molecule has 1 amide bonds. The number of hydrogen-bond donors (Lipinski definition) is 2. The summed E-state index contributed by atoms with van der Waals surface area (Å²) in [6.45, 7) is 2.95. The molecule has 2 bridgehead atoms. The summed E-state index contributed by atoms with van der Waals surface area (Å²) in [5.41, 5.74) is 7.17. The second-order valence-corrected chi connectivity index (χ2v) is 5.09. The quantitative estimate of drug-likeness (QED) is 0.633. The van der Waals surface area contributed by atoms with Crippen molar-refractivity contribution in [3.8, 4) is 0 Å². The maximum absolute atomic E-state index is 12.1. The third-order valence-electron chi connectivity index (χ3n) is 3.73. The first-order valence-corrected chi connectivity index (χ1v) is 6.69. The van der Waals surface area contributed by atoms with Gasteiger partial charge in [-0.2, -0.15) is 0 Å². The first-order chi connectivity index (χ1) is 8.83. The van der Waals surface area contributed by atoms with Crippen LogP contribution in [0.5, 0.6) is 0 Å². The Labute approximate surface area is 107 Å². The van der Waals surface area contributed by atoms with E-state index in [1.165, 1.54) is 0 Å². The molecule has 0 radical (unpaired) electrons. The van der Waals surface area contributed by atoms with Crippen molar-refractivity contribution < 1.29 is 9.53 Å². The summed E-state index contributed by atoms with van der Waals surface area (Å²) < 4.78 is 5.71. The predicted molar refractivity (Wildman–Crippen MR) is 65.8 cm³/mol. The van der Waals surface area contributed by atoms with E-state index in [0.717, 1.165) is 38.0 Å². The molecule has 1 unspecified atom stereocenters. The number of ether oxygens (including phenoxy) is 1. The Kier molecular flexibility index (Phi) is 3.38. The molecule has 0 aromatic rings. The molecule has 1 atom stereocenters. The van der Waals surface area contributed by atoms with Crippen LogP contribution in [-0.4, -0.2) is 48.2 Å². The van der Waals surface area contributed by atoms with Gasteiger partial charge in [0.25, 0.3) is 0 Å². The second kappa shape index (κ2) is 5.16. The van der Waals surface area contributed by atoms with E-state index in [1.807, 2.05) is 16.1 Å². The lowest BCUT2D eigenvalue weighted by molar-refractivity contribution is -0.133. The first-order valence-electron chi connectivity index (χ1n) is 6.69. The second-order valence-electron chi connectivity index (χ2n) is 5.09. The molecule has 100 valence electrons. The number of hydrogen-bond acceptors (Lipinski definition) is 5. The number of carbonyl (C=O) groups is 1. The summed E-state index contributed by atoms with van der Waals surface area (Å²) in [4.78, 5) is 14.1. The van der Waals surface area contributed by atoms with E-state index in [9.17, 15) is 4.79 Å². The Hall–Kier alpha value is -1.27. The Balaban J connectivity index is 1.67. The van der Waals surface area contributed by atoms with Crippen molar-refractivity contribution in [2.75, 3.05) is 26.3 Å². The van der Waals surface area contributed by atoms with Crippen LogP contribution in [0.25, 0.3) is 0 Å². The van der Waals surface area contributed by atoms with E-state index in [0.29, 0.717) is 19.6 Å². The average Bonchev–Trinajstić information content (AvgIpc) is 2.97. The summed E-state index contributed by atoms with van der Waals surface area (Å²) in [7, 11) is 0. The van der Waals surface area contributed by atoms with Crippen molar-refractivity contribution >= 4 is 5.91 Å². The number of amides is 1. The molecule has 18 heavy (non-hydrogen) atoms. The van der Waals surface area contributed by atoms with Crippen LogP contribution >= 0.6 is 0 Å². The van der Waals surface area contributed by atoms with Gasteiger partial charge in [0.1, 0.15) is 0 Å². The summed E-state index contributed by atoms with van der Waals surface area (Å²) in [5, 5.41) is 1.97. The third-order valence-corrected chi connectivity index (χ3v) is 3.73. The van der Waals surface area contributed by atoms with Crippen molar-refractivity contribution in [3.05, 3.63) is 11.9 Å². The third kappa shape index (κ3) is 2.44. The molecule has 2 N–H and O–H groups in total. The molecule has 6 heteroatoms. The lowest BCUT2D eigenvalue weighted by atomic mass is 10.2. The van der Waals surface area contributed by atoms with Gasteiger partial charge in [-0.05, 0) is 19.3 Å². The minimum Gasteiger partial charge on any atom is -0.373 e. The van der Waals surface area contributed by atoms with E-state index >= 15 is 0 Å². The van der Waals surface area contributed by atoms with Crippen LogP contribution < -0.4 is 11.0 Å². The van der Waals surface area contributed by atoms with Gasteiger partial charge in [0.05, 0.1) is 25.0 Å². The SMILES string of the molecule is O=C1CCCN2C=C(COCC3CCCN13)NN2. The number of nitrogens with one attached hydrogen (secondary N) is 2. The molecule has 0 aliphatic carbocycles. The van der Waals surface area contributed by atoms with Crippen LogP contribution in [0.3, 0.4) is 0 Å². The average molecular weight is 252 g/mol. The molecule has 3 aliphatic heterocycles. The number of nitrogens with zero attached hydrogens (tertiary/aromatic N) is 2. The molecule has 1 saturated heterocycles. The molecule has 0 spiro atoms. The summed E-state index contributed by atoms with van der Waals surface area (Å²) in [5.74, 6) is 0.276. The highest BCUT2D eigenvalue weighted by atomic mass is 16.5. The van der Waals surface area contributed by atoms with Crippen molar-refractivity contribution in [2.24, 2.45) is 0 Å². The van der Waals surface area contributed by atoms with Gasteiger partial charge < -0.3 is 15.1 Å². The maximum Gasteiger partial charge on any atom is 0.222 e. The molecule has 0 saturated carbocycles. The zero-order chi connectivity index (χ0) is 12.4. The predicted octanol–water partition coefficient (Wildman–Crippen LogP) is -0.0460. The highest BCUT2D eigenvalue weighted by Crippen LogP contribution is 2.20. The van der Waals surface area contributed by atoms with Gasteiger partial charge in [0, 0.05) is 25.7 Å². The van der Waals surface area contributed by atoms with Gasteiger partial charge in [-0.1, -0.05) is 0 Å². The van der Waals surface area contributed by atoms with Gasteiger partial charge >= 0.3 is 0 Å². The van der Waals surface area contributed by atoms with Crippen LogP contribution in [0, 0.1) is 0 Å². The van der Waals surface area contributed by atoms with E-state index in [1.54, 1.807) is 0 Å². The number of carbonyl (C=O) groups excluding carboxylic acids is 1. The standard InChI is InChI=1S/C12H20N4O2/c17-12-4-2-5-15-7-10(13-14-15)8-18-9-11-3-1-6-16(11)12/h7,11,13-14H,1-6,8-9H2. The topological polar surface area (TPSA) is 56.8 Å². The fraction of sp³-hybridized carbons (Fsp3) is 0.750. The molecule has 6 nitrogen and oxygen atoms in total. The van der Waals surface area contributed by atoms with Crippen molar-refractivity contribution in [2.45, 2.75) is 31.7 Å². The molecular weight excluding hydrogens is 232 g/mol. The smallest absolute Gasteiger partial charge is 0.222 e. The number of fused-ring (bicyclic) bond motifs is 2. The van der Waals surface area contributed by atoms with Gasteiger partial charge in [0.2, 0.25) is 5.91 Å². The molecular formula is C12H20N4O2. The van der Waals surface area contributed by atoms with E-state index < -0.39 is 0 Å². The van der Waals surface area contributed by atoms with Crippen LogP contribution in [0.2, 0.25) is 0 Å². The van der Waals surface area contributed by atoms with Crippen LogP contribution in [-0.2, 0) is 9.53 Å². The van der Waals surface area contributed by atoms with E-state index in [2.05, 4.69) is 11.0 Å². The number of rotatable bonds is 0. The normalized spacial score (nSPS) is 29.2. The Bertz CT molecular complexity index is 358. The van der Waals surface area contributed by atoms with Crippen molar-refractivity contribution in [1.82, 2.24) is 20.9 Å². The first kappa shape index (κ1) is 11.8. The largest absolute Gasteiger partial charge is 0.373 e. The fourth-order valence-electron chi connectivity index (χ4n) is 2.78. The minimum atomic E-state index is 0.276. The van der Waals surface area contributed by atoms with Gasteiger partial charge in [-0.25, -0.2) is 0 Å². The summed E-state index contributed by atoms with van der Waals surface area (Å²) in [6, 6.07) is 0.281. The Morgan fingerprint density at radius 2 is 2.28 bits per heavy atom. The number of hydrazine groups is 2. The maximum atomic E-state index is 12.1. The zero-order valence-electron chi connectivity index (χ0n) is 10.5. The fourth-order valence-corrected chi connectivity index (χ4v) is 2.78. The lowest BCUT2D eigenvalue weighted by Gasteiger charge is -2.25. The molecule has 3 rings (SSSR count). The van der Waals surface area contributed by atoms with E-state index in [4.69, 9.17) is 4.74 Å². The monoisotopic (exact) mass is 252 g/mol. The molecule has 1 fully saturated rings. The lowest BCUT2D eigenvalue weighted by Crippen LogP contribution is -2.39. The molecule has 3 heterocycles. The van der Waals surface area contributed by atoms with Crippen molar-refractivity contribution in [1.29, 1.82) is 0 Å². The Morgan fingerprint density at radius 1 is 1.33 bits per heavy atom. The molecule has 3 aliphatic rings. The van der Waals surface area contributed by atoms with Gasteiger partial charge in [-0.15, -0.1) is 5.53 Å². The highest BCUT2D eigenvalue weighted by molar-refractivity contribution is 5.76. The highest BCUT2D eigenvalue weighted by Gasteiger charge is 2.29. The van der Waals surface area contributed by atoms with Gasteiger partial charge in [-0.3, -0.25) is 9.80 Å². The summed E-state index contributed by atoms with van der Waals surface area (Å²) in [6.07, 6.45) is 5.69. The van der Waals surface area contributed by atoms with Crippen molar-refractivity contribution in [3.63, 3.8) is 0 Å². The molecule has 0 aromatic heterocycles. The zero-order valence-corrected chi connectivity index (χ0v) is 10.5. The Morgan fingerprint density at radius 3 is 3.22 bits per heavy atom.